The predicted molar refractivity (Wildman–Crippen MR) is 92.8 cm³/mol. The molecule has 1 aromatic heterocycles. The van der Waals surface area contributed by atoms with E-state index in [0.717, 1.165) is 0 Å². The number of furan rings is 1. The van der Waals surface area contributed by atoms with Crippen LogP contribution >= 0.6 is 0 Å². The zero-order chi connectivity index (χ0) is 17.9. The van der Waals surface area contributed by atoms with E-state index >= 15 is 0 Å². The van der Waals surface area contributed by atoms with E-state index in [1.54, 1.807) is 45.4 Å². The van der Waals surface area contributed by atoms with E-state index in [1.807, 2.05) is 25.1 Å². The van der Waals surface area contributed by atoms with E-state index in [-0.39, 0.29) is 12.6 Å². The highest BCUT2D eigenvalue weighted by atomic mass is 32.2. The molecule has 0 radical (unpaired) electrons. The zero-order valence-electron chi connectivity index (χ0n) is 14.7. The third kappa shape index (κ3) is 3.98. The van der Waals surface area contributed by atoms with Crippen molar-refractivity contribution in [3.8, 4) is 5.75 Å². The van der Waals surface area contributed by atoms with Crippen LogP contribution < -0.4 is 9.46 Å². The molecular weight excluding hydrogens is 328 g/mol. The molecule has 1 unspecified atom stereocenters. The van der Waals surface area contributed by atoms with Gasteiger partial charge in [0.25, 0.3) is 0 Å². The molecule has 24 heavy (non-hydrogen) atoms. The molecule has 2 rings (SSSR count). The number of rotatable bonds is 7. The molecule has 0 aliphatic heterocycles. The Kier molecular flexibility index (Phi) is 5.69. The van der Waals surface area contributed by atoms with Gasteiger partial charge >= 0.3 is 0 Å². The number of nitrogens with one attached hydrogen (secondary N) is 1. The van der Waals surface area contributed by atoms with E-state index in [2.05, 4.69) is 4.72 Å². The molecule has 1 atom stereocenters. The van der Waals surface area contributed by atoms with Crippen LogP contribution in [0, 0.1) is 13.8 Å². The molecule has 0 saturated carbocycles. The van der Waals surface area contributed by atoms with Crippen LogP contribution in [-0.2, 0) is 10.0 Å². The van der Waals surface area contributed by atoms with Crippen molar-refractivity contribution in [2.24, 2.45) is 0 Å². The minimum Gasteiger partial charge on any atom is -0.497 e. The number of benzene rings is 1. The van der Waals surface area contributed by atoms with E-state index in [4.69, 9.17) is 9.15 Å². The zero-order valence-corrected chi connectivity index (χ0v) is 15.5. The van der Waals surface area contributed by atoms with Gasteiger partial charge in [0.15, 0.2) is 0 Å². The van der Waals surface area contributed by atoms with Crippen LogP contribution in [0.15, 0.2) is 39.8 Å². The summed E-state index contributed by atoms with van der Waals surface area (Å²) in [6, 6.07) is 6.88. The van der Waals surface area contributed by atoms with Crippen LogP contribution in [-0.4, -0.2) is 41.1 Å². The number of methoxy groups -OCH3 is 1. The second-order valence-corrected chi connectivity index (χ2v) is 7.64. The van der Waals surface area contributed by atoms with Crippen molar-refractivity contribution >= 4 is 10.0 Å². The molecular formula is C17H24N2O4S. The molecule has 1 heterocycles. The summed E-state index contributed by atoms with van der Waals surface area (Å²) in [6.45, 7) is 3.74. The topological polar surface area (TPSA) is 71.8 Å². The summed E-state index contributed by atoms with van der Waals surface area (Å²) >= 11 is 0. The van der Waals surface area contributed by atoms with Gasteiger partial charge in [0.2, 0.25) is 10.0 Å². The van der Waals surface area contributed by atoms with Gasteiger partial charge in [-0.2, -0.15) is 0 Å². The monoisotopic (exact) mass is 352 g/mol. The van der Waals surface area contributed by atoms with Crippen molar-refractivity contribution in [2.75, 3.05) is 27.7 Å². The van der Waals surface area contributed by atoms with Crippen molar-refractivity contribution in [1.29, 1.82) is 0 Å². The number of ether oxygens (including phenoxy) is 1. The highest BCUT2D eigenvalue weighted by molar-refractivity contribution is 7.89. The standard InChI is InChI=1S/C17H24N2O4S/c1-12-9-14(22-5)10-13(2)17(12)24(20,21)18-11-15(19(3)4)16-7-6-8-23-16/h6-10,15,18H,11H2,1-5H3. The molecule has 0 aliphatic carbocycles. The molecule has 0 aliphatic rings. The normalized spacial score (nSPS) is 13.2. The van der Waals surface area contributed by atoms with Crippen molar-refractivity contribution in [3.63, 3.8) is 0 Å². The third-order valence-electron chi connectivity index (χ3n) is 3.90. The lowest BCUT2D eigenvalue weighted by Gasteiger charge is -2.23. The number of aryl methyl sites for hydroxylation is 2. The summed E-state index contributed by atoms with van der Waals surface area (Å²) in [5.74, 6) is 1.36. The van der Waals surface area contributed by atoms with Gasteiger partial charge in [-0.25, -0.2) is 13.1 Å². The Balaban J connectivity index is 2.26. The summed E-state index contributed by atoms with van der Waals surface area (Å²) in [4.78, 5) is 2.20. The SMILES string of the molecule is COc1cc(C)c(S(=O)(=O)NCC(c2ccco2)N(C)C)c(C)c1. The van der Waals surface area contributed by atoms with E-state index in [0.29, 0.717) is 27.5 Å². The lowest BCUT2D eigenvalue weighted by atomic mass is 10.1. The highest BCUT2D eigenvalue weighted by Crippen LogP contribution is 2.26. The molecule has 132 valence electrons. The number of sulfonamides is 1. The van der Waals surface area contributed by atoms with E-state index < -0.39 is 10.0 Å². The van der Waals surface area contributed by atoms with Crippen LogP contribution in [0.1, 0.15) is 22.9 Å². The maximum atomic E-state index is 12.8. The smallest absolute Gasteiger partial charge is 0.241 e. The Hall–Kier alpha value is -1.83. The largest absolute Gasteiger partial charge is 0.497 e. The van der Waals surface area contributed by atoms with Gasteiger partial charge in [0.1, 0.15) is 11.5 Å². The van der Waals surface area contributed by atoms with Gasteiger partial charge in [0, 0.05) is 6.54 Å². The van der Waals surface area contributed by atoms with E-state index in [1.165, 1.54) is 0 Å². The highest BCUT2D eigenvalue weighted by Gasteiger charge is 2.24. The summed E-state index contributed by atoms with van der Waals surface area (Å²) in [5.41, 5.74) is 1.30. The Labute approximate surface area is 143 Å². The number of hydrogen-bond acceptors (Lipinski definition) is 5. The van der Waals surface area contributed by atoms with Gasteiger partial charge in [-0.1, -0.05) is 0 Å². The average molecular weight is 352 g/mol. The van der Waals surface area contributed by atoms with Crippen LogP contribution in [0.25, 0.3) is 0 Å². The Bertz CT molecular complexity index is 760. The fourth-order valence-corrected chi connectivity index (χ4v) is 4.22. The summed E-state index contributed by atoms with van der Waals surface area (Å²) < 4.78 is 38.8. The minimum absolute atomic E-state index is 0.186. The van der Waals surface area contributed by atoms with Crippen LogP contribution in [0.4, 0.5) is 0 Å². The Morgan fingerprint density at radius 3 is 2.33 bits per heavy atom. The summed E-state index contributed by atoms with van der Waals surface area (Å²) in [6.07, 6.45) is 1.58. The van der Waals surface area contributed by atoms with Gasteiger partial charge in [-0.05, 0) is 63.3 Å². The fraction of sp³-hybridized carbons (Fsp3) is 0.412. The summed E-state index contributed by atoms with van der Waals surface area (Å²) in [5, 5.41) is 0. The number of hydrogen-bond donors (Lipinski definition) is 1. The number of likely N-dealkylation sites (N-methyl/N-ethyl adjacent to an activating group) is 1. The second kappa shape index (κ2) is 7.38. The van der Waals surface area contributed by atoms with Gasteiger partial charge < -0.3 is 9.15 Å². The lowest BCUT2D eigenvalue weighted by molar-refractivity contribution is 0.259. The average Bonchev–Trinajstić information content (AvgIpc) is 2.99. The number of nitrogens with zero attached hydrogens (tertiary/aromatic N) is 1. The molecule has 1 N–H and O–H groups in total. The molecule has 0 bridgehead atoms. The molecule has 0 spiro atoms. The molecule has 2 aromatic rings. The van der Waals surface area contributed by atoms with Gasteiger partial charge in [0.05, 0.1) is 24.3 Å². The van der Waals surface area contributed by atoms with Crippen molar-refractivity contribution in [3.05, 3.63) is 47.4 Å². The quantitative estimate of drug-likeness (QED) is 0.829. The third-order valence-corrected chi connectivity index (χ3v) is 5.63. The lowest BCUT2D eigenvalue weighted by Crippen LogP contribution is -2.35. The fourth-order valence-electron chi connectivity index (χ4n) is 2.73. The first-order valence-electron chi connectivity index (χ1n) is 7.61. The predicted octanol–water partition coefficient (Wildman–Crippen LogP) is 2.49. The molecule has 6 nitrogen and oxygen atoms in total. The van der Waals surface area contributed by atoms with Crippen molar-refractivity contribution in [1.82, 2.24) is 9.62 Å². The van der Waals surface area contributed by atoms with Gasteiger partial charge in [-0.15, -0.1) is 0 Å². The van der Waals surface area contributed by atoms with Crippen LogP contribution in [0.3, 0.4) is 0 Å². The first kappa shape index (κ1) is 18.5. The Morgan fingerprint density at radius 2 is 1.88 bits per heavy atom. The van der Waals surface area contributed by atoms with Gasteiger partial charge in [-0.3, -0.25) is 4.90 Å². The first-order chi connectivity index (χ1) is 11.3. The maximum absolute atomic E-state index is 12.8. The van der Waals surface area contributed by atoms with Crippen LogP contribution in [0.2, 0.25) is 0 Å². The Morgan fingerprint density at radius 1 is 1.25 bits per heavy atom. The molecule has 1 aromatic carbocycles. The van der Waals surface area contributed by atoms with E-state index in [9.17, 15) is 8.42 Å². The van der Waals surface area contributed by atoms with Crippen LogP contribution in [0.5, 0.6) is 5.75 Å². The first-order valence-corrected chi connectivity index (χ1v) is 9.09. The van der Waals surface area contributed by atoms with Crippen molar-refractivity contribution < 1.29 is 17.6 Å². The maximum Gasteiger partial charge on any atom is 0.241 e. The second-order valence-electron chi connectivity index (χ2n) is 5.94. The summed E-state index contributed by atoms with van der Waals surface area (Å²) in [7, 11) is 1.68. The molecule has 0 saturated heterocycles. The molecule has 0 amide bonds. The van der Waals surface area contributed by atoms with Crippen molar-refractivity contribution in [2.45, 2.75) is 24.8 Å². The molecule has 7 heteroatoms. The molecule has 0 fully saturated rings. The minimum atomic E-state index is -3.64.